The van der Waals surface area contributed by atoms with Crippen molar-refractivity contribution in [2.45, 2.75) is 24.6 Å². The Morgan fingerprint density at radius 3 is 2.78 bits per heavy atom. The van der Waals surface area contributed by atoms with Gasteiger partial charge in [0.25, 0.3) is 5.91 Å². The van der Waals surface area contributed by atoms with Gasteiger partial charge in [0.05, 0.1) is 12.1 Å². The molecule has 1 amide bonds. The highest BCUT2D eigenvalue weighted by molar-refractivity contribution is 7.13. The molecule has 0 aliphatic carbocycles. The largest absolute Gasteiger partial charge is 0.390 e. The highest BCUT2D eigenvalue weighted by Gasteiger charge is 2.45. The Kier molecular flexibility index (Phi) is 5.87. The van der Waals surface area contributed by atoms with Crippen LogP contribution in [-0.4, -0.2) is 57.2 Å². The molecular weight excluding hydrogens is 443 g/mol. The van der Waals surface area contributed by atoms with Gasteiger partial charge in [0.15, 0.2) is 5.60 Å². The number of benzene rings is 1. The number of nitrogens with zero attached hydrogens (tertiary/aromatic N) is 4. The minimum atomic E-state index is -4.26. The number of rotatable bonds is 6. The van der Waals surface area contributed by atoms with Gasteiger partial charge < -0.3 is 15.3 Å². The molecule has 32 heavy (non-hydrogen) atoms. The Morgan fingerprint density at radius 2 is 2.06 bits per heavy atom. The molecule has 0 saturated carbocycles. The first-order valence-electron chi connectivity index (χ1n) is 9.84. The van der Waals surface area contributed by atoms with Gasteiger partial charge in [-0.25, -0.2) is 15.0 Å². The molecule has 4 rings (SSSR count). The summed E-state index contributed by atoms with van der Waals surface area (Å²) >= 11 is 1.36. The fourth-order valence-electron chi connectivity index (χ4n) is 3.46. The maximum Gasteiger partial charge on any atom is 0.390 e. The maximum absolute atomic E-state index is 12.4. The summed E-state index contributed by atoms with van der Waals surface area (Å²) in [4.78, 5) is 26.7. The summed E-state index contributed by atoms with van der Waals surface area (Å²) in [7, 11) is 1.66. The number of nitrogens with one attached hydrogen (secondary N) is 1. The van der Waals surface area contributed by atoms with Crippen LogP contribution in [0.2, 0.25) is 0 Å². The van der Waals surface area contributed by atoms with Crippen molar-refractivity contribution < 1.29 is 23.1 Å². The molecule has 1 aliphatic heterocycles. The van der Waals surface area contributed by atoms with E-state index < -0.39 is 18.2 Å². The van der Waals surface area contributed by atoms with Crippen molar-refractivity contribution in [1.29, 1.82) is 0 Å². The smallest absolute Gasteiger partial charge is 0.375 e. The molecule has 1 aromatic carbocycles. The molecule has 0 spiro atoms. The molecule has 0 radical (unpaired) electrons. The highest BCUT2D eigenvalue weighted by Crippen LogP contribution is 2.36. The fraction of sp³-hybridized carbons (Fsp3) is 0.333. The fourth-order valence-corrected chi connectivity index (χ4v) is 4.27. The minimum absolute atomic E-state index is 0.0920. The van der Waals surface area contributed by atoms with Crippen molar-refractivity contribution in [1.82, 2.24) is 19.9 Å². The number of hydrogen-bond acceptors (Lipinski definition) is 7. The van der Waals surface area contributed by atoms with Crippen molar-refractivity contribution in [3.05, 3.63) is 47.5 Å². The quantitative estimate of drug-likeness (QED) is 0.580. The molecule has 11 heteroatoms. The number of hydrogen-bond donors (Lipinski definition) is 2. The van der Waals surface area contributed by atoms with Crippen LogP contribution in [0.5, 0.6) is 0 Å². The molecule has 3 aromatic rings. The average Bonchev–Trinajstić information content (AvgIpc) is 3.35. The number of halogens is 3. The monoisotopic (exact) mass is 463 g/mol. The number of thiazole rings is 1. The molecule has 0 bridgehead atoms. The van der Waals surface area contributed by atoms with E-state index >= 15 is 0 Å². The number of alkyl halides is 3. The van der Waals surface area contributed by atoms with E-state index in [-0.39, 0.29) is 18.4 Å². The number of anilines is 1. The second kappa shape index (κ2) is 8.47. The summed E-state index contributed by atoms with van der Waals surface area (Å²) in [5, 5.41) is 15.9. The predicted octanol–water partition coefficient (Wildman–Crippen LogP) is 3.68. The summed E-state index contributed by atoms with van der Waals surface area (Å²) in [6.45, 7) is 0.160. The first-order chi connectivity index (χ1) is 15.2. The lowest BCUT2D eigenvalue weighted by Crippen LogP contribution is -2.36. The van der Waals surface area contributed by atoms with Crippen molar-refractivity contribution >= 4 is 23.2 Å². The lowest BCUT2D eigenvalue weighted by Gasteiger charge is -2.21. The molecule has 168 valence electrons. The van der Waals surface area contributed by atoms with Gasteiger partial charge in [-0.3, -0.25) is 4.79 Å². The molecule has 0 unspecified atom stereocenters. The van der Waals surface area contributed by atoms with Gasteiger partial charge in [0, 0.05) is 43.7 Å². The van der Waals surface area contributed by atoms with Gasteiger partial charge >= 0.3 is 6.18 Å². The molecule has 1 atom stereocenters. The van der Waals surface area contributed by atoms with Crippen LogP contribution in [0.3, 0.4) is 0 Å². The van der Waals surface area contributed by atoms with Gasteiger partial charge in [-0.05, 0) is 17.7 Å². The maximum atomic E-state index is 12.4. The normalized spacial score (nSPS) is 18.9. The van der Waals surface area contributed by atoms with E-state index in [1.54, 1.807) is 36.7 Å². The van der Waals surface area contributed by atoms with Crippen LogP contribution in [0.25, 0.3) is 22.0 Å². The molecule has 1 aliphatic rings. The molecule has 1 fully saturated rings. The van der Waals surface area contributed by atoms with Crippen LogP contribution < -0.4 is 5.32 Å². The molecular formula is C21H20F3N5O2S. The Morgan fingerprint density at radius 1 is 1.25 bits per heavy atom. The van der Waals surface area contributed by atoms with E-state index in [0.29, 0.717) is 34.9 Å². The van der Waals surface area contributed by atoms with E-state index in [2.05, 4.69) is 20.3 Å². The van der Waals surface area contributed by atoms with Crippen LogP contribution in [0, 0.1) is 0 Å². The first-order valence-corrected chi connectivity index (χ1v) is 10.7. The summed E-state index contributed by atoms with van der Waals surface area (Å²) < 4.78 is 37.0. The lowest BCUT2D eigenvalue weighted by molar-refractivity contribution is -0.143. The van der Waals surface area contributed by atoms with Gasteiger partial charge in [-0.15, -0.1) is 11.3 Å². The third-order valence-corrected chi connectivity index (χ3v) is 6.10. The molecule has 2 aromatic heterocycles. The first kappa shape index (κ1) is 22.2. The highest BCUT2D eigenvalue weighted by atomic mass is 32.1. The SMILES string of the molecule is CN1CC[C@@](O)(c2cccc(-c3nc(-c4ccnc(NCCC(F)(F)F)n4)cs3)c2)C1=O. The summed E-state index contributed by atoms with van der Waals surface area (Å²) in [6, 6.07) is 8.70. The lowest BCUT2D eigenvalue weighted by atomic mass is 9.91. The number of aromatic nitrogens is 3. The Balaban J connectivity index is 1.54. The predicted molar refractivity (Wildman–Crippen MR) is 114 cm³/mol. The second-order valence-corrected chi connectivity index (χ2v) is 8.37. The van der Waals surface area contributed by atoms with Crippen LogP contribution in [0.1, 0.15) is 18.4 Å². The Bertz CT molecular complexity index is 1140. The second-order valence-electron chi connectivity index (χ2n) is 7.51. The number of carbonyl (C=O) groups excluding carboxylic acids is 1. The van der Waals surface area contributed by atoms with Crippen LogP contribution in [0.15, 0.2) is 41.9 Å². The van der Waals surface area contributed by atoms with Gasteiger partial charge in [0.1, 0.15) is 10.7 Å². The van der Waals surface area contributed by atoms with E-state index in [4.69, 9.17) is 0 Å². The molecule has 3 heterocycles. The van der Waals surface area contributed by atoms with Crippen molar-refractivity contribution in [2.75, 3.05) is 25.5 Å². The van der Waals surface area contributed by atoms with E-state index in [0.717, 1.165) is 5.56 Å². The van der Waals surface area contributed by atoms with Gasteiger partial charge in [0.2, 0.25) is 5.95 Å². The number of aliphatic hydroxyl groups is 1. The van der Waals surface area contributed by atoms with E-state index in [9.17, 15) is 23.1 Å². The van der Waals surface area contributed by atoms with Crippen molar-refractivity contribution in [2.24, 2.45) is 0 Å². The van der Waals surface area contributed by atoms with Crippen LogP contribution >= 0.6 is 11.3 Å². The number of carbonyl (C=O) groups is 1. The third-order valence-electron chi connectivity index (χ3n) is 5.21. The zero-order chi connectivity index (χ0) is 22.9. The zero-order valence-electron chi connectivity index (χ0n) is 17.1. The van der Waals surface area contributed by atoms with Crippen molar-refractivity contribution in [3.63, 3.8) is 0 Å². The molecule has 7 nitrogen and oxygen atoms in total. The molecule has 1 saturated heterocycles. The van der Waals surface area contributed by atoms with Crippen LogP contribution in [-0.2, 0) is 10.4 Å². The number of amides is 1. The van der Waals surface area contributed by atoms with Gasteiger partial charge in [-0.2, -0.15) is 13.2 Å². The summed E-state index contributed by atoms with van der Waals surface area (Å²) in [6.07, 6.45) is -3.47. The minimum Gasteiger partial charge on any atom is -0.375 e. The zero-order valence-corrected chi connectivity index (χ0v) is 17.9. The molecule has 2 N–H and O–H groups in total. The van der Waals surface area contributed by atoms with Gasteiger partial charge in [-0.1, -0.05) is 18.2 Å². The number of likely N-dealkylation sites (N-methyl/N-ethyl adjacent to an activating group) is 1. The topological polar surface area (TPSA) is 91.2 Å². The van der Waals surface area contributed by atoms with E-state index in [1.165, 1.54) is 22.4 Å². The third kappa shape index (κ3) is 4.58. The van der Waals surface area contributed by atoms with Crippen molar-refractivity contribution in [3.8, 4) is 22.0 Å². The van der Waals surface area contributed by atoms with Crippen LogP contribution in [0.4, 0.5) is 19.1 Å². The Hall–Kier alpha value is -3.05. The average molecular weight is 463 g/mol. The Labute approximate surface area is 186 Å². The van der Waals surface area contributed by atoms with E-state index in [1.807, 2.05) is 6.07 Å². The summed E-state index contributed by atoms with van der Waals surface area (Å²) in [5.74, 6) is -0.240. The number of likely N-dealkylation sites (tertiary alicyclic amines) is 1. The standard InChI is InChI=1S/C21H20F3N5O2S/c1-29-10-7-20(31,18(29)30)14-4-2-3-13(11-14)17-27-16(12-32-17)15-5-8-25-19(28-15)26-9-6-21(22,23)24/h2-5,8,11-12,31H,6-7,9-10H2,1H3,(H,25,26,28)/t20-/m1/s1. The summed E-state index contributed by atoms with van der Waals surface area (Å²) in [5.41, 5.74) is 0.729.